The highest BCUT2D eigenvalue weighted by Gasteiger charge is 2.30. The van der Waals surface area contributed by atoms with Gasteiger partial charge in [-0.25, -0.2) is 4.98 Å². The highest BCUT2D eigenvalue weighted by atomic mass is 16.2. The summed E-state index contributed by atoms with van der Waals surface area (Å²) < 4.78 is 0. The van der Waals surface area contributed by atoms with E-state index in [2.05, 4.69) is 10.3 Å². The van der Waals surface area contributed by atoms with Crippen LogP contribution >= 0.6 is 0 Å². The fraction of sp³-hybridized carbons (Fsp3) is 0.267. The highest BCUT2D eigenvalue weighted by molar-refractivity contribution is 6.10. The number of piperazine rings is 1. The summed E-state index contributed by atoms with van der Waals surface area (Å²) in [6, 6.07) is 6.90. The number of carbonyl (C=O) groups is 2. The van der Waals surface area contributed by atoms with Crippen LogP contribution < -0.4 is 11.1 Å². The van der Waals surface area contributed by atoms with Crippen LogP contribution in [0.1, 0.15) is 17.3 Å². The van der Waals surface area contributed by atoms with Gasteiger partial charge in [0, 0.05) is 24.7 Å². The lowest BCUT2D eigenvalue weighted by molar-refractivity contribution is -0.127. The normalized spacial score (nSPS) is 18.6. The molecule has 3 rings (SSSR count). The summed E-state index contributed by atoms with van der Waals surface area (Å²) >= 11 is 0. The van der Waals surface area contributed by atoms with Gasteiger partial charge in [-0.2, -0.15) is 0 Å². The number of nitrogens with one attached hydrogen (secondary N) is 1. The Morgan fingerprint density at radius 2 is 2.10 bits per heavy atom. The second-order valence-corrected chi connectivity index (χ2v) is 5.07. The number of hydrogen-bond acceptors (Lipinski definition) is 4. The number of anilines is 1. The molecule has 0 aliphatic carbocycles. The number of aromatic nitrogens is 1. The maximum atomic E-state index is 12.7. The molecular weight excluding hydrogens is 268 g/mol. The molecular formula is C15H16N4O2. The Morgan fingerprint density at radius 3 is 2.86 bits per heavy atom. The van der Waals surface area contributed by atoms with Gasteiger partial charge in [0.15, 0.2) is 0 Å². The van der Waals surface area contributed by atoms with Crippen molar-refractivity contribution in [1.29, 1.82) is 0 Å². The summed E-state index contributed by atoms with van der Waals surface area (Å²) in [5.74, 6) is 0.0648. The zero-order valence-electron chi connectivity index (χ0n) is 11.7. The molecule has 0 saturated carbocycles. The summed E-state index contributed by atoms with van der Waals surface area (Å²) in [6.45, 7) is 2.68. The molecule has 2 heterocycles. The fourth-order valence-corrected chi connectivity index (χ4v) is 2.60. The van der Waals surface area contributed by atoms with E-state index in [4.69, 9.17) is 5.73 Å². The first-order chi connectivity index (χ1) is 10.1. The Labute approximate surface area is 121 Å². The molecule has 0 spiro atoms. The highest BCUT2D eigenvalue weighted by Crippen LogP contribution is 2.24. The Bertz CT molecular complexity index is 729. The molecule has 1 fully saturated rings. The molecule has 1 atom stereocenters. The first kappa shape index (κ1) is 13.4. The SMILES string of the molecule is CC1C(=O)NCCN1C(=O)c1cnc(N)c2ccccc12. The van der Waals surface area contributed by atoms with Crippen LogP contribution in [0.15, 0.2) is 30.5 Å². The summed E-state index contributed by atoms with van der Waals surface area (Å²) in [6.07, 6.45) is 1.49. The minimum atomic E-state index is -0.484. The van der Waals surface area contributed by atoms with Gasteiger partial charge in [0.1, 0.15) is 11.9 Å². The van der Waals surface area contributed by atoms with Crippen molar-refractivity contribution >= 4 is 28.4 Å². The van der Waals surface area contributed by atoms with Gasteiger partial charge in [0.05, 0.1) is 5.56 Å². The molecule has 2 amide bonds. The van der Waals surface area contributed by atoms with Crippen molar-refractivity contribution in [2.75, 3.05) is 18.8 Å². The molecule has 0 bridgehead atoms. The minimum Gasteiger partial charge on any atom is -0.383 e. The van der Waals surface area contributed by atoms with Crippen molar-refractivity contribution < 1.29 is 9.59 Å². The van der Waals surface area contributed by atoms with Crippen LogP contribution in [-0.4, -0.2) is 40.8 Å². The number of benzene rings is 1. The van der Waals surface area contributed by atoms with Gasteiger partial charge >= 0.3 is 0 Å². The number of nitrogen functional groups attached to an aromatic ring is 1. The van der Waals surface area contributed by atoms with Crippen LogP contribution in [0.4, 0.5) is 5.82 Å². The van der Waals surface area contributed by atoms with Gasteiger partial charge in [-0.15, -0.1) is 0 Å². The Morgan fingerprint density at radius 1 is 1.38 bits per heavy atom. The van der Waals surface area contributed by atoms with E-state index in [-0.39, 0.29) is 11.8 Å². The van der Waals surface area contributed by atoms with Crippen LogP contribution in [-0.2, 0) is 4.79 Å². The monoisotopic (exact) mass is 284 g/mol. The molecule has 1 aromatic carbocycles. The number of amides is 2. The Hall–Kier alpha value is -2.63. The van der Waals surface area contributed by atoms with Crippen LogP contribution in [0.3, 0.4) is 0 Å². The third kappa shape index (κ3) is 2.18. The third-order valence-corrected chi connectivity index (χ3v) is 3.82. The average molecular weight is 284 g/mol. The molecule has 1 unspecified atom stereocenters. The average Bonchev–Trinajstić information content (AvgIpc) is 2.50. The van der Waals surface area contributed by atoms with Crippen molar-refractivity contribution in [3.63, 3.8) is 0 Å². The number of pyridine rings is 1. The molecule has 108 valence electrons. The zero-order valence-corrected chi connectivity index (χ0v) is 11.7. The Kier molecular flexibility index (Phi) is 3.21. The molecule has 1 aliphatic heterocycles. The Balaban J connectivity index is 2.06. The van der Waals surface area contributed by atoms with Crippen molar-refractivity contribution in [1.82, 2.24) is 15.2 Å². The second-order valence-electron chi connectivity index (χ2n) is 5.07. The molecule has 0 radical (unpaired) electrons. The van der Waals surface area contributed by atoms with Crippen LogP contribution in [0.5, 0.6) is 0 Å². The molecule has 6 heteroatoms. The van der Waals surface area contributed by atoms with Crippen molar-refractivity contribution in [3.8, 4) is 0 Å². The van der Waals surface area contributed by atoms with Crippen molar-refractivity contribution in [3.05, 3.63) is 36.0 Å². The summed E-state index contributed by atoms with van der Waals surface area (Å²) in [5.41, 5.74) is 6.33. The maximum Gasteiger partial charge on any atom is 0.256 e. The molecule has 1 saturated heterocycles. The summed E-state index contributed by atoms with van der Waals surface area (Å²) in [7, 11) is 0. The van der Waals surface area contributed by atoms with E-state index in [1.165, 1.54) is 6.20 Å². The van der Waals surface area contributed by atoms with Gasteiger partial charge in [0.2, 0.25) is 5.91 Å². The molecule has 21 heavy (non-hydrogen) atoms. The lowest BCUT2D eigenvalue weighted by Crippen LogP contribution is -2.55. The predicted molar refractivity (Wildman–Crippen MR) is 79.7 cm³/mol. The van der Waals surface area contributed by atoms with Gasteiger partial charge in [-0.1, -0.05) is 24.3 Å². The lowest BCUT2D eigenvalue weighted by Gasteiger charge is -2.33. The predicted octanol–water partition coefficient (Wildman–Crippen LogP) is 0.778. The van der Waals surface area contributed by atoms with Crippen LogP contribution in [0, 0.1) is 0 Å². The molecule has 2 aromatic rings. The van der Waals surface area contributed by atoms with Crippen molar-refractivity contribution in [2.45, 2.75) is 13.0 Å². The lowest BCUT2D eigenvalue weighted by atomic mass is 10.0. The van der Waals surface area contributed by atoms with E-state index in [9.17, 15) is 9.59 Å². The van der Waals surface area contributed by atoms with E-state index in [0.717, 1.165) is 10.8 Å². The second kappa shape index (κ2) is 5.05. The van der Waals surface area contributed by atoms with Gasteiger partial charge in [-0.05, 0) is 12.3 Å². The number of nitrogens with two attached hydrogens (primary N) is 1. The maximum absolute atomic E-state index is 12.7. The van der Waals surface area contributed by atoms with Gasteiger partial charge in [-0.3, -0.25) is 9.59 Å². The zero-order chi connectivity index (χ0) is 15.0. The van der Waals surface area contributed by atoms with Gasteiger partial charge < -0.3 is 16.0 Å². The smallest absolute Gasteiger partial charge is 0.256 e. The number of rotatable bonds is 1. The molecule has 1 aliphatic rings. The van der Waals surface area contributed by atoms with Crippen LogP contribution in [0.2, 0.25) is 0 Å². The standard InChI is InChI=1S/C15H16N4O2/c1-9-14(20)17-6-7-19(9)15(21)12-8-18-13(16)11-5-3-2-4-10(11)12/h2-5,8-9H,6-7H2,1H3,(H2,16,18)(H,17,20). The third-order valence-electron chi connectivity index (χ3n) is 3.82. The topological polar surface area (TPSA) is 88.3 Å². The van der Waals surface area contributed by atoms with E-state index >= 15 is 0 Å². The van der Waals surface area contributed by atoms with E-state index in [0.29, 0.717) is 24.5 Å². The first-order valence-electron chi connectivity index (χ1n) is 6.81. The number of carbonyl (C=O) groups excluding carboxylic acids is 2. The summed E-state index contributed by atoms with van der Waals surface area (Å²) in [5, 5.41) is 4.25. The summed E-state index contributed by atoms with van der Waals surface area (Å²) in [4.78, 5) is 30.1. The largest absolute Gasteiger partial charge is 0.383 e. The molecule has 3 N–H and O–H groups in total. The van der Waals surface area contributed by atoms with E-state index in [1.54, 1.807) is 11.8 Å². The van der Waals surface area contributed by atoms with Crippen LogP contribution in [0.25, 0.3) is 10.8 Å². The van der Waals surface area contributed by atoms with Gasteiger partial charge in [0.25, 0.3) is 5.91 Å². The first-order valence-corrected chi connectivity index (χ1v) is 6.81. The van der Waals surface area contributed by atoms with E-state index < -0.39 is 6.04 Å². The fourth-order valence-electron chi connectivity index (χ4n) is 2.60. The minimum absolute atomic E-state index is 0.137. The molecule has 6 nitrogen and oxygen atoms in total. The molecule has 1 aromatic heterocycles. The number of nitrogens with zero attached hydrogens (tertiary/aromatic N) is 2. The van der Waals surface area contributed by atoms with E-state index in [1.807, 2.05) is 24.3 Å². The number of fused-ring (bicyclic) bond motifs is 1. The quantitative estimate of drug-likeness (QED) is 0.810. The van der Waals surface area contributed by atoms with Crippen molar-refractivity contribution in [2.24, 2.45) is 0 Å². The number of hydrogen-bond donors (Lipinski definition) is 2.